The van der Waals surface area contributed by atoms with E-state index >= 15 is 0 Å². The fourth-order valence-corrected chi connectivity index (χ4v) is 7.63. The first-order valence-electron chi connectivity index (χ1n) is 15.4. The summed E-state index contributed by atoms with van der Waals surface area (Å²) in [6.45, 7) is 6.51. The molecule has 0 unspecified atom stereocenters. The molecule has 0 atom stereocenters. The maximum absolute atomic E-state index is 11.2. The first-order valence-corrected chi connectivity index (χ1v) is 20.1. The van der Waals surface area contributed by atoms with Crippen LogP contribution in [-0.4, -0.2) is 55.1 Å². The SMILES string of the molecule is CCN1/C(=C\C=C\c2n(CC)c3cc(Cl)c(Cl)cc3[n+]2CCCCCS(=O)(=O)[O-])N(CCCCCS(=O)(=O)O)c2cc(Cl)c(Cl)cc21.[Na+]. The van der Waals surface area contributed by atoms with E-state index in [2.05, 4.69) is 18.9 Å². The van der Waals surface area contributed by atoms with Crippen molar-refractivity contribution in [2.45, 2.75) is 65.5 Å². The van der Waals surface area contributed by atoms with Gasteiger partial charge >= 0.3 is 29.6 Å². The minimum atomic E-state index is -4.26. The first kappa shape index (κ1) is 41.4. The van der Waals surface area contributed by atoms with Gasteiger partial charge < -0.3 is 14.4 Å². The van der Waals surface area contributed by atoms with Gasteiger partial charge in [0.1, 0.15) is 5.82 Å². The summed E-state index contributed by atoms with van der Waals surface area (Å²) in [7, 11) is -8.27. The minimum Gasteiger partial charge on any atom is -0.748 e. The second kappa shape index (κ2) is 17.9. The van der Waals surface area contributed by atoms with E-state index in [-0.39, 0.29) is 47.5 Å². The number of anilines is 2. The third-order valence-electron chi connectivity index (χ3n) is 7.99. The Morgan fingerprint density at radius 1 is 0.792 bits per heavy atom. The van der Waals surface area contributed by atoms with Crippen molar-refractivity contribution in [2.75, 3.05) is 34.4 Å². The molecule has 0 fully saturated rings. The van der Waals surface area contributed by atoms with Gasteiger partial charge in [-0.1, -0.05) is 58.9 Å². The molecule has 1 aliphatic heterocycles. The van der Waals surface area contributed by atoms with Gasteiger partial charge in [0, 0.05) is 37.1 Å². The van der Waals surface area contributed by atoms with Gasteiger partial charge in [-0.05, 0) is 64.2 Å². The molecule has 258 valence electrons. The normalized spacial score (nSPS) is 14.5. The van der Waals surface area contributed by atoms with Crippen LogP contribution in [0.4, 0.5) is 11.4 Å². The summed E-state index contributed by atoms with van der Waals surface area (Å²) >= 11 is 25.7. The molecule has 1 N–H and O–H groups in total. The Morgan fingerprint density at radius 3 is 1.98 bits per heavy atom. The molecule has 2 heterocycles. The molecule has 4 rings (SSSR count). The van der Waals surface area contributed by atoms with Gasteiger partial charge in [-0.2, -0.15) is 8.42 Å². The van der Waals surface area contributed by atoms with Crippen LogP contribution in [-0.2, 0) is 33.3 Å². The van der Waals surface area contributed by atoms with E-state index in [0.717, 1.165) is 34.1 Å². The number of allylic oxidation sites excluding steroid dienone is 2. The van der Waals surface area contributed by atoms with Gasteiger partial charge in [0.05, 0.1) is 60.4 Å². The van der Waals surface area contributed by atoms with Crippen LogP contribution in [0.15, 0.2) is 42.2 Å². The third kappa shape index (κ3) is 10.5. The molecule has 0 saturated carbocycles. The largest absolute Gasteiger partial charge is 1.00 e. The summed E-state index contributed by atoms with van der Waals surface area (Å²) in [6, 6.07) is 7.34. The van der Waals surface area contributed by atoms with Crippen LogP contribution in [0.2, 0.25) is 20.1 Å². The third-order valence-corrected chi connectivity index (χ3v) is 11.0. The molecule has 0 bridgehead atoms. The summed E-state index contributed by atoms with van der Waals surface area (Å²) in [5.41, 5.74) is 3.57. The number of hydrogen-bond acceptors (Lipinski definition) is 7. The molecule has 3 aromatic rings. The molecule has 2 aromatic carbocycles. The van der Waals surface area contributed by atoms with E-state index in [9.17, 15) is 21.4 Å². The number of aromatic nitrogens is 2. The van der Waals surface area contributed by atoms with Crippen molar-refractivity contribution >= 4 is 95.1 Å². The number of halogens is 4. The van der Waals surface area contributed by atoms with E-state index in [0.29, 0.717) is 78.4 Å². The van der Waals surface area contributed by atoms with E-state index in [1.807, 2.05) is 56.3 Å². The minimum absolute atomic E-state index is 0. The van der Waals surface area contributed by atoms with E-state index in [1.165, 1.54) is 0 Å². The van der Waals surface area contributed by atoms with Gasteiger partial charge in [-0.15, -0.1) is 0 Å². The Kier molecular flexibility index (Phi) is 15.5. The van der Waals surface area contributed by atoms with Crippen LogP contribution in [0, 0.1) is 0 Å². The molecule has 0 spiro atoms. The number of rotatable bonds is 16. The van der Waals surface area contributed by atoms with Crippen molar-refractivity contribution in [1.82, 2.24) is 4.57 Å². The zero-order valence-corrected chi connectivity index (χ0v) is 33.8. The molecule has 1 aromatic heterocycles. The second-order valence-electron chi connectivity index (χ2n) is 11.2. The van der Waals surface area contributed by atoms with Gasteiger partial charge in [0.25, 0.3) is 15.9 Å². The topological polar surface area (TPSA) is 127 Å². The zero-order valence-electron chi connectivity index (χ0n) is 27.1. The zero-order chi connectivity index (χ0) is 34.5. The average Bonchev–Trinajstić information content (AvgIpc) is 3.42. The van der Waals surface area contributed by atoms with Crippen LogP contribution in [0.5, 0.6) is 0 Å². The van der Waals surface area contributed by atoms with Crippen LogP contribution >= 0.6 is 46.4 Å². The number of imidazole rings is 1. The molecular formula is C31H38Cl4N4NaO6S2+. The van der Waals surface area contributed by atoms with Gasteiger partial charge in [0.15, 0.2) is 11.0 Å². The van der Waals surface area contributed by atoms with E-state index in [4.69, 9.17) is 51.0 Å². The van der Waals surface area contributed by atoms with Crippen molar-refractivity contribution in [1.29, 1.82) is 0 Å². The van der Waals surface area contributed by atoms with Crippen LogP contribution in [0.25, 0.3) is 17.1 Å². The Hall–Kier alpha value is -1.03. The number of aryl methyl sites for hydroxylation is 2. The Labute approximate surface area is 325 Å². The van der Waals surface area contributed by atoms with E-state index in [1.54, 1.807) is 0 Å². The fraction of sp³-hybridized carbons (Fsp3) is 0.452. The quantitative estimate of drug-likeness (QED) is 0.0971. The van der Waals surface area contributed by atoms with Crippen molar-refractivity contribution in [3.8, 4) is 0 Å². The van der Waals surface area contributed by atoms with Crippen LogP contribution in [0.1, 0.15) is 58.2 Å². The van der Waals surface area contributed by atoms with Crippen molar-refractivity contribution in [3.63, 3.8) is 0 Å². The van der Waals surface area contributed by atoms with Crippen LogP contribution < -0.4 is 43.9 Å². The summed E-state index contributed by atoms with van der Waals surface area (Å²) in [5.74, 6) is 1.11. The number of benzene rings is 2. The van der Waals surface area contributed by atoms with Crippen LogP contribution in [0.3, 0.4) is 0 Å². The number of hydrogen-bond donors (Lipinski definition) is 1. The second-order valence-corrected chi connectivity index (χ2v) is 15.9. The molecule has 0 amide bonds. The number of unbranched alkanes of at least 4 members (excludes halogenated alkanes) is 4. The van der Waals surface area contributed by atoms with E-state index < -0.39 is 20.2 Å². The van der Waals surface area contributed by atoms with Crippen molar-refractivity contribution in [3.05, 3.63) is 68.2 Å². The van der Waals surface area contributed by atoms with Crippen molar-refractivity contribution < 1.29 is 60.1 Å². The number of nitrogens with zero attached hydrogens (tertiary/aromatic N) is 4. The monoisotopic (exact) mass is 789 g/mol. The summed E-state index contributed by atoms with van der Waals surface area (Å²) < 4.78 is 68.9. The summed E-state index contributed by atoms with van der Waals surface area (Å²) in [4.78, 5) is 4.26. The maximum atomic E-state index is 11.2. The molecule has 48 heavy (non-hydrogen) atoms. The molecule has 1 aliphatic rings. The Bertz CT molecular complexity index is 1900. The predicted molar refractivity (Wildman–Crippen MR) is 190 cm³/mol. The molecule has 0 radical (unpaired) electrons. The first-order chi connectivity index (χ1) is 22.1. The van der Waals surface area contributed by atoms with Gasteiger partial charge in [-0.3, -0.25) is 4.55 Å². The van der Waals surface area contributed by atoms with Crippen molar-refractivity contribution in [2.24, 2.45) is 0 Å². The smallest absolute Gasteiger partial charge is 0.748 e. The Morgan fingerprint density at radius 2 is 1.38 bits per heavy atom. The fourth-order valence-electron chi connectivity index (χ4n) is 5.87. The summed E-state index contributed by atoms with van der Waals surface area (Å²) in [5, 5.41) is 1.72. The Balaban J connectivity index is 0.00000625. The average molecular weight is 792 g/mol. The maximum Gasteiger partial charge on any atom is 1.00 e. The summed E-state index contributed by atoms with van der Waals surface area (Å²) in [6.07, 6.45) is 9.09. The molecular weight excluding hydrogens is 753 g/mol. The molecule has 0 saturated heterocycles. The van der Waals surface area contributed by atoms with Gasteiger partial charge in [0.2, 0.25) is 0 Å². The molecule has 0 aliphatic carbocycles. The standard InChI is InChI=1S/C31H38Cl4N4O6S2.Na/c1-3-36-26-18-22(32)24(34)20-28(26)38(14-7-5-9-16-46(40,41)42)30(36)12-11-13-31-37(4-2)27-19-23(33)25(35)21-29(27)39(31)15-8-6-10-17-47(43,44)45;/h11-13,18-21H,3-10,14-17H2,1-2H3,(H-,40,41,42,43,44,45);/q;+1. The predicted octanol–water partition coefficient (Wildman–Crippen LogP) is 4.54. The molecule has 10 nitrogen and oxygen atoms in total. The molecule has 17 heteroatoms. The number of fused-ring (bicyclic) bond motifs is 2. The van der Waals surface area contributed by atoms with Gasteiger partial charge in [-0.25, -0.2) is 17.6 Å².